The molecule has 10 heteroatoms. The second-order valence-corrected chi connectivity index (χ2v) is 10.0. The van der Waals surface area contributed by atoms with Crippen LogP contribution in [-0.2, 0) is 19.6 Å². The lowest BCUT2D eigenvalue weighted by Gasteiger charge is -2.31. The fraction of sp³-hybridized carbons (Fsp3) is 0.348. The molecule has 9 nitrogen and oxygen atoms in total. The minimum absolute atomic E-state index is 0.00859. The number of hydrogen-bond acceptors (Lipinski definition) is 5. The third-order valence-electron chi connectivity index (χ3n) is 5.93. The Kier molecular flexibility index (Phi) is 6.48. The van der Waals surface area contributed by atoms with Crippen molar-refractivity contribution in [1.82, 2.24) is 4.90 Å². The smallest absolute Gasteiger partial charge is 0.253 e. The van der Waals surface area contributed by atoms with E-state index in [1.54, 1.807) is 29.2 Å². The van der Waals surface area contributed by atoms with Crippen molar-refractivity contribution in [1.29, 1.82) is 0 Å². The van der Waals surface area contributed by atoms with Crippen LogP contribution in [0.3, 0.4) is 0 Å². The molecular formula is C23H26N4O5S. The van der Waals surface area contributed by atoms with Gasteiger partial charge in [-0.3, -0.25) is 14.4 Å². The maximum absolute atomic E-state index is 12.9. The topological polar surface area (TPSA) is 139 Å². The lowest BCUT2D eigenvalue weighted by atomic mass is 9.95. The average molecular weight is 471 g/mol. The van der Waals surface area contributed by atoms with E-state index in [0.29, 0.717) is 42.9 Å². The second kappa shape index (κ2) is 9.32. The molecule has 4 N–H and O–H groups in total. The number of anilines is 2. The molecule has 4 rings (SSSR count). The normalized spacial score (nSPS) is 16.8. The van der Waals surface area contributed by atoms with Gasteiger partial charge in [0, 0.05) is 41.9 Å². The predicted octanol–water partition coefficient (Wildman–Crippen LogP) is 2.17. The van der Waals surface area contributed by atoms with E-state index >= 15 is 0 Å². The van der Waals surface area contributed by atoms with Crippen molar-refractivity contribution in [3.8, 4) is 0 Å². The SMILES string of the molecule is NS(=O)(=O)c1ccc(NC(=O)C2CCN(C(=O)c3cccc(NC(=O)C4CC4)c3)CC2)cc1. The van der Waals surface area contributed by atoms with Crippen LogP contribution in [-0.4, -0.2) is 44.1 Å². The van der Waals surface area contributed by atoms with E-state index < -0.39 is 10.0 Å². The predicted molar refractivity (Wildman–Crippen MR) is 123 cm³/mol. The monoisotopic (exact) mass is 470 g/mol. The van der Waals surface area contributed by atoms with Crippen LogP contribution in [0.2, 0.25) is 0 Å². The van der Waals surface area contributed by atoms with Gasteiger partial charge in [-0.15, -0.1) is 0 Å². The van der Waals surface area contributed by atoms with Crippen LogP contribution in [0.5, 0.6) is 0 Å². The molecule has 2 aromatic carbocycles. The maximum atomic E-state index is 12.9. The molecule has 33 heavy (non-hydrogen) atoms. The Labute approximate surface area is 192 Å². The number of likely N-dealkylation sites (tertiary alicyclic amines) is 1. The van der Waals surface area contributed by atoms with Crippen LogP contribution in [0.25, 0.3) is 0 Å². The van der Waals surface area contributed by atoms with Gasteiger partial charge in [-0.2, -0.15) is 0 Å². The fourth-order valence-electron chi connectivity index (χ4n) is 3.82. The molecule has 0 bridgehead atoms. The Morgan fingerprint density at radius 2 is 1.39 bits per heavy atom. The molecule has 0 atom stereocenters. The third-order valence-corrected chi connectivity index (χ3v) is 6.86. The zero-order valence-electron chi connectivity index (χ0n) is 18.0. The summed E-state index contributed by atoms with van der Waals surface area (Å²) in [6.07, 6.45) is 2.86. The number of hydrogen-bond donors (Lipinski definition) is 3. The van der Waals surface area contributed by atoms with Crippen molar-refractivity contribution in [2.45, 2.75) is 30.6 Å². The highest BCUT2D eigenvalue weighted by Gasteiger charge is 2.30. The number of nitrogens with one attached hydrogen (secondary N) is 2. The summed E-state index contributed by atoms with van der Waals surface area (Å²) in [6, 6.07) is 12.6. The van der Waals surface area contributed by atoms with E-state index in [0.717, 1.165) is 12.8 Å². The zero-order valence-corrected chi connectivity index (χ0v) is 18.8. The van der Waals surface area contributed by atoms with E-state index in [1.165, 1.54) is 24.3 Å². The molecule has 0 unspecified atom stereocenters. The third kappa shape index (κ3) is 5.77. The maximum Gasteiger partial charge on any atom is 0.253 e. The Balaban J connectivity index is 1.30. The van der Waals surface area contributed by atoms with Gasteiger partial charge in [0.15, 0.2) is 0 Å². The molecule has 2 aliphatic rings. The molecule has 1 saturated carbocycles. The van der Waals surface area contributed by atoms with Gasteiger partial charge in [-0.1, -0.05) is 6.07 Å². The number of amides is 3. The van der Waals surface area contributed by atoms with Crippen molar-refractivity contribution in [2.24, 2.45) is 17.0 Å². The van der Waals surface area contributed by atoms with Gasteiger partial charge in [0.05, 0.1) is 4.90 Å². The Hall–Kier alpha value is -3.24. The summed E-state index contributed by atoms with van der Waals surface area (Å²) in [6.45, 7) is 0.889. The van der Waals surface area contributed by atoms with Gasteiger partial charge >= 0.3 is 0 Å². The molecule has 2 aromatic rings. The molecule has 0 aromatic heterocycles. The Morgan fingerprint density at radius 3 is 1.97 bits per heavy atom. The second-order valence-electron chi connectivity index (χ2n) is 8.47. The number of benzene rings is 2. The van der Waals surface area contributed by atoms with Crippen molar-refractivity contribution >= 4 is 39.1 Å². The van der Waals surface area contributed by atoms with Crippen molar-refractivity contribution < 1.29 is 22.8 Å². The first-order valence-corrected chi connectivity index (χ1v) is 12.4. The first kappa shape index (κ1) is 22.9. The van der Waals surface area contributed by atoms with Gasteiger partial charge in [-0.25, -0.2) is 13.6 Å². The van der Waals surface area contributed by atoms with Crippen LogP contribution in [0.4, 0.5) is 11.4 Å². The zero-order chi connectivity index (χ0) is 23.6. The summed E-state index contributed by atoms with van der Waals surface area (Å²) in [5.41, 5.74) is 1.60. The summed E-state index contributed by atoms with van der Waals surface area (Å²) >= 11 is 0. The number of piperidine rings is 1. The summed E-state index contributed by atoms with van der Waals surface area (Å²) in [5.74, 6) is -0.478. The van der Waals surface area contributed by atoms with Crippen LogP contribution in [0.1, 0.15) is 36.0 Å². The lowest BCUT2D eigenvalue weighted by Crippen LogP contribution is -2.41. The molecule has 0 spiro atoms. The van der Waals surface area contributed by atoms with E-state index in [-0.39, 0.29) is 34.5 Å². The number of nitrogens with zero attached hydrogens (tertiary/aromatic N) is 1. The number of carbonyl (C=O) groups excluding carboxylic acids is 3. The molecule has 1 saturated heterocycles. The Morgan fingerprint density at radius 1 is 0.818 bits per heavy atom. The van der Waals surface area contributed by atoms with E-state index in [4.69, 9.17) is 5.14 Å². The summed E-state index contributed by atoms with van der Waals surface area (Å²) in [5, 5.41) is 10.7. The highest BCUT2D eigenvalue weighted by Crippen LogP contribution is 2.30. The first-order valence-electron chi connectivity index (χ1n) is 10.8. The van der Waals surface area contributed by atoms with Crippen LogP contribution >= 0.6 is 0 Å². The van der Waals surface area contributed by atoms with Crippen LogP contribution in [0.15, 0.2) is 53.4 Å². The minimum atomic E-state index is -3.79. The molecule has 1 heterocycles. The number of sulfonamides is 1. The standard InChI is InChI=1S/C23H26N4O5S/c24-33(31,32)20-8-6-18(7-9-20)25-22(29)16-10-12-27(13-11-16)23(30)17-2-1-3-19(14-17)26-21(28)15-4-5-15/h1-3,6-9,14-16H,4-5,10-13H2,(H,25,29)(H,26,28)(H2,24,31,32). The molecule has 1 aliphatic carbocycles. The molecule has 174 valence electrons. The Bertz CT molecular complexity index is 1170. The number of nitrogens with two attached hydrogens (primary N) is 1. The van der Waals surface area contributed by atoms with Crippen LogP contribution in [0, 0.1) is 11.8 Å². The van der Waals surface area contributed by atoms with Gasteiger partial charge in [0.1, 0.15) is 0 Å². The molecular weight excluding hydrogens is 444 g/mol. The molecule has 1 aliphatic heterocycles. The highest BCUT2D eigenvalue weighted by molar-refractivity contribution is 7.89. The van der Waals surface area contributed by atoms with Crippen molar-refractivity contribution in [3.05, 3.63) is 54.1 Å². The number of carbonyl (C=O) groups is 3. The number of rotatable bonds is 6. The van der Waals surface area contributed by atoms with E-state index in [1.807, 2.05) is 0 Å². The quantitative estimate of drug-likeness (QED) is 0.594. The lowest BCUT2D eigenvalue weighted by molar-refractivity contribution is -0.121. The van der Waals surface area contributed by atoms with Gasteiger partial charge in [-0.05, 0) is 68.1 Å². The molecule has 3 amide bonds. The summed E-state index contributed by atoms with van der Waals surface area (Å²) in [4.78, 5) is 39.2. The van der Waals surface area contributed by atoms with Gasteiger partial charge < -0.3 is 15.5 Å². The fourth-order valence-corrected chi connectivity index (χ4v) is 4.33. The largest absolute Gasteiger partial charge is 0.339 e. The van der Waals surface area contributed by atoms with E-state index in [9.17, 15) is 22.8 Å². The number of primary sulfonamides is 1. The summed E-state index contributed by atoms with van der Waals surface area (Å²) < 4.78 is 22.7. The molecule has 2 fully saturated rings. The van der Waals surface area contributed by atoms with Crippen LogP contribution < -0.4 is 15.8 Å². The molecule has 0 radical (unpaired) electrons. The van der Waals surface area contributed by atoms with Crippen molar-refractivity contribution in [3.63, 3.8) is 0 Å². The average Bonchev–Trinajstić information content (AvgIpc) is 3.64. The highest BCUT2D eigenvalue weighted by atomic mass is 32.2. The minimum Gasteiger partial charge on any atom is -0.339 e. The summed E-state index contributed by atoms with van der Waals surface area (Å²) in [7, 11) is -3.79. The van der Waals surface area contributed by atoms with Crippen molar-refractivity contribution in [2.75, 3.05) is 23.7 Å². The van der Waals surface area contributed by atoms with E-state index in [2.05, 4.69) is 10.6 Å². The van der Waals surface area contributed by atoms with Gasteiger partial charge in [0.25, 0.3) is 5.91 Å². The first-order chi connectivity index (χ1) is 15.7. The van der Waals surface area contributed by atoms with Gasteiger partial charge in [0.2, 0.25) is 21.8 Å².